The molecule has 23 heavy (non-hydrogen) atoms. The Hall–Kier alpha value is -2.41. The lowest BCUT2D eigenvalue weighted by atomic mass is 10.00. The van der Waals surface area contributed by atoms with Crippen LogP contribution in [-0.4, -0.2) is 22.6 Å². The van der Waals surface area contributed by atoms with Gasteiger partial charge < -0.3 is 0 Å². The van der Waals surface area contributed by atoms with Gasteiger partial charge >= 0.3 is 6.18 Å². The first-order chi connectivity index (χ1) is 10.8. The van der Waals surface area contributed by atoms with E-state index in [9.17, 15) is 18.0 Å². The summed E-state index contributed by atoms with van der Waals surface area (Å²) >= 11 is 0. The molecule has 1 saturated heterocycles. The summed E-state index contributed by atoms with van der Waals surface area (Å²) in [6.45, 7) is 0.962. The van der Waals surface area contributed by atoms with Crippen LogP contribution in [0.3, 0.4) is 0 Å². The Morgan fingerprint density at radius 2 is 1.83 bits per heavy atom. The monoisotopic (exact) mass is 321 g/mol. The van der Waals surface area contributed by atoms with E-state index in [0.29, 0.717) is 0 Å². The first-order valence-electron chi connectivity index (χ1n) is 6.99. The van der Waals surface area contributed by atoms with Crippen LogP contribution in [0.15, 0.2) is 48.7 Å². The second kappa shape index (κ2) is 5.34. The number of pyridine rings is 1. The zero-order valence-electron chi connectivity index (χ0n) is 12.3. The number of hydrogen-bond donors (Lipinski definition) is 1. The first kappa shape index (κ1) is 15.5. The summed E-state index contributed by atoms with van der Waals surface area (Å²) in [5.74, 6) is -0.521. The lowest BCUT2D eigenvalue weighted by Crippen LogP contribution is -2.54. The maximum Gasteiger partial charge on any atom is 0.408 e. The van der Waals surface area contributed by atoms with Crippen molar-refractivity contribution in [3.8, 4) is 11.1 Å². The highest BCUT2D eigenvalue weighted by atomic mass is 19.4. The molecule has 1 fully saturated rings. The van der Waals surface area contributed by atoms with Gasteiger partial charge in [0.05, 0.1) is 6.42 Å². The third-order valence-corrected chi connectivity index (χ3v) is 3.82. The zero-order chi connectivity index (χ0) is 16.7. The minimum absolute atomic E-state index is 0.141. The predicted octanol–water partition coefficient (Wildman–Crippen LogP) is 3.31. The van der Waals surface area contributed by atoms with E-state index in [1.54, 1.807) is 6.07 Å². The molecule has 1 aromatic heterocycles. The van der Waals surface area contributed by atoms with Gasteiger partial charge in [-0.15, -0.1) is 0 Å². The van der Waals surface area contributed by atoms with Gasteiger partial charge in [0.1, 0.15) is 11.4 Å². The van der Waals surface area contributed by atoms with E-state index < -0.39 is 24.0 Å². The van der Waals surface area contributed by atoms with Crippen molar-refractivity contribution in [3.05, 3.63) is 48.7 Å². The van der Waals surface area contributed by atoms with E-state index in [0.717, 1.165) is 23.1 Å². The Morgan fingerprint density at radius 1 is 1.13 bits per heavy atom. The number of hydrogen-bond acceptors (Lipinski definition) is 3. The van der Waals surface area contributed by atoms with E-state index in [2.05, 4.69) is 10.4 Å². The third-order valence-electron chi connectivity index (χ3n) is 3.82. The van der Waals surface area contributed by atoms with E-state index in [1.807, 2.05) is 30.3 Å². The maximum atomic E-state index is 13.0. The number of nitrogens with one attached hydrogen (secondary N) is 1. The summed E-state index contributed by atoms with van der Waals surface area (Å²) < 4.78 is 39.1. The van der Waals surface area contributed by atoms with Crippen LogP contribution >= 0.6 is 0 Å². The Labute approximate surface area is 130 Å². The highest BCUT2D eigenvalue weighted by Gasteiger charge is 2.58. The molecule has 1 N–H and O–H groups in total. The zero-order valence-corrected chi connectivity index (χ0v) is 12.3. The molecule has 1 atom stereocenters. The number of aromatic nitrogens is 1. The number of nitrogens with zero attached hydrogens (tertiary/aromatic N) is 2. The molecular formula is C16H14F3N3O. The number of anilines is 1. The SMILES string of the molecule is CC1(C(F)(F)F)CC(=O)N(c2ccc(-c3ccccc3)cn2)N1. The molecular weight excluding hydrogens is 307 g/mol. The smallest absolute Gasteiger partial charge is 0.273 e. The van der Waals surface area contributed by atoms with Crippen LogP contribution in [-0.2, 0) is 4.79 Å². The van der Waals surface area contributed by atoms with Crippen molar-refractivity contribution in [2.24, 2.45) is 0 Å². The molecule has 1 aromatic carbocycles. The van der Waals surface area contributed by atoms with Gasteiger partial charge in [0, 0.05) is 11.8 Å². The minimum Gasteiger partial charge on any atom is -0.273 e. The molecule has 3 rings (SSSR count). The lowest BCUT2D eigenvalue weighted by Gasteiger charge is -2.27. The van der Waals surface area contributed by atoms with Crippen molar-refractivity contribution in [2.75, 3.05) is 5.01 Å². The van der Waals surface area contributed by atoms with E-state index in [-0.39, 0.29) is 5.82 Å². The molecule has 1 amide bonds. The molecule has 4 nitrogen and oxygen atoms in total. The van der Waals surface area contributed by atoms with Crippen molar-refractivity contribution >= 4 is 11.7 Å². The molecule has 7 heteroatoms. The molecule has 1 aliphatic heterocycles. The maximum absolute atomic E-state index is 13.0. The standard InChI is InChI=1S/C16H14F3N3O/c1-15(16(17,18)19)9-14(23)22(21-15)13-8-7-12(10-20-13)11-5-3-2-4-6-11/h2-8,10,21H,9H2,1H3. The van der Waals surface area contributed by atoms with Crippen LogP contribution in [0.2, 0.25) is 0 Å². The highest BCUT2D eigenvalue weighted by Crippen LogP contribution is 2.37. The van der Waals surface area contributed by atoms with Gasteiger partial charge in [-0.3, -0.25) is 4.79 Å². The Morgan fingerprint density at radius 3 is 2.35 bits per heavy atom. The average molecular weight is 321 g/mol. The second-order valence-electron chi connectivity index (χ2n) is 5.62. The molecule has 0 aliphatic carbocycles. The summed E-state index contributed by atoms with van der Waals surface area (Å²) in [4.78, 5) is 16.0. The summed E-state index contributed by atoms with van der Waals surface area (Å²) in [6.07, 6.45) is -3.65. The number of hydrazine groups is 1. The van der Waals surface area contributed by atoms with Crippen LogP contribution in [0.5, 0.6) is 0 Å². The third kappa shape index (κ3) is 2.79. The summed E-state index contributed by atoms with van der Waals surface area (Å²) in [6, 6.07) is 12.7. The van der Waals surface area contributed by atoms with Crippen molar-refractivity contribution in [1.29, 1.82) is 0 Å². The average Bonchev–Trinajstić information content (AvgIpc) is 2.84. The van der Waals surface area contributed by atoms with Gasteiger partial charge in [0.2, 0.25) is 5.91 Å². The Kier molecular flexibility index (Phi) is 3.60. The largest absolute Gasteiger partial charge is 0.408 e. The molecule has 2 heterocycles. The quantitative estimate of drug-likeness (QED) is 0.923. The Balaban J connectivity index is 1.85. The first-order valence-corrected chi connectivity index (χ1v) is 6.99. The van der Waals surface area contributed by atoms with Crippen LogP contribution in [0.25, 0.3) is 11.1 Å². The molecule has 1 unspecified atom stereocenters. The van der Waals surface area contributed by atoms with Crippen LogP contribution in [0.1, 0.15) is 13.3 Å². The summed E-state index contributed by atoms with van der Waals surface area (Å²) in [5.41, 5.74) is 1.71. The Bertz CT molecular complexity index is 716. The highest BCUT2D eigenvalue weighted by molar-refractivity contribution is 5.95. The van der Waals surface area contributed by atoms with Gasteiger partial charge in [-0.05, 0) is 24.6 Å². The molecule has 0 bridgehead atoms. The summed E-state index contributed by atoms with van der Waals surface area (Å²) in [7, 11) is 0. The van der Waals surface area contributed by atoms with Gasteiger partial charge in [0.15, 0.2) is 0 Å². The van der Waals surface area contributed by atoms with E-state index >= 15 is 0 Å². The number of carbonyl (C=O) groups is 1. The van der Waals surface area contributed by atoms with Gasteiger partial charge in [-0.25, -0.2) is 15.4 Å². The predicted molar refractivity (Wildman–Crippen MR) is 79.4 cm³/mol. The number of halogens is 3. The molecule has 1 aliphatic rings. The molecule has 0 spiro atoms. The fraction of sp³-hybridized carbons (Fsp3) is 0.250. The summed E-state index contributed by atoms with van der Waals surface area (Å²) in [5, 5.41) is 0.863. The number of alkyl halides is 3. The molecule has 0 radical (unpaired) electrons. The van der Waals surface area contributed by atoms with E-state index in [1.165, 1.54) is 12.3 Å². The van der Waals surface area contributed by atoms with Crippen molar-refractivity contribution < 1.29 is 18.0 Å². The van der Waals surface area contributed by atoms with Crippen molar-refractivity contribution in [1.82, 2.24) is 10.4 Å². The van der Waals surface area contributed by atoms with E-state index in [4.69, 9.17) is 0 Å². The van der Waals surface area contributed by atoms with Gasteiger partial charge in [-0.1, -0.05) is 30.3 Å². The van der Waals surface area contributed by atoms with Gasteiger partial charge in [-0.2, -0.15) is 13.2 Å². The van der Waals surface area contributed by atoms with Crippen LogP contribution in [0.4, 0.5) is 19.0 Å². The lowest BCUT2D eigenvalue weighted by molar-refractivity contribution is -0.187. The number of benzene rings is 1. The number of amides is 1. The molecule has 120 valence electrons. The second-order valence-corrected chi connectivity index (χ2v) is 5.62. The molecule has 2 aromatic rings. The minimum atomic E-state index is -4.53. The van der Waals surface area contributed by atoms with Crippen LogP contribution < -0.4 is 10.4 Å². The fourth-order valence-electron chi connectivity index (χ4n) is 2.40. The fourth-order valence-corrected chi connectivity index (χ4v) is 2.40. The number of rotatable bonds is 2. The van der Waals surface area contributed by atoms with Gasteiger partial charge in [0.25, 0.3) is 0 Å². The number of carbonyl (C=O) groups excluding carboxylic acids is 1. The van der Waals surface area contributed by atoms with Crippen molar-refractivity contribution in [2.45, 2.75) is 25.1 Å². The molecule has 0 saturated carbocycles. The van der Waals surface area contributed by atoms with Crippen LogP contribution in [0, 0.1) is 0 Å². The topological polar surface area (TPSA) is 45.2 Å². The van der Waals surface area contributed by atoms with Crippen molar-refractivity contribution in [3.63, 3.8) is 0 Å². The normalized spacial score (nSPS) is 21.7.